The largest absolute Gasteiger partial charge is 0.355 e. The standard InChI is InChI=1S/C16H22N2O2S2/c1-18(11-13-5-3-2-4-6-13)15(19)7-8-17-16(20)14-12-21-9-10-22-14/h2-6,14H,7-12H2,1H3,(H,17,20). The molecule has 1 aromatic carbocycles. The third-order valence-corrected chi connectivity index (χ3v) is 6.19. The number of carbonyl (C=O) groups excluding carboxylic acids is 2. The van der Waals surface area contributed by atoms with Gasteiger partial charge in [-0.2, -0.15) is 11.8 Å². The fraction of sp³-hybridized carbons (Fsp3) is 0.500. The summed E-state index contributed by atoms with van der Waals surface area (Å²) in [5, 5.41) is 2.92. The van der Waals surface area contributed by atoms with E-state index in [1.165, 1.54) is 0 Å². The number of nitrogens with one attached hydrogen (secondary N) is 1. The normalized spacial score (nSPS) is 17.8. The Morgan fingerprint density at radius 3 is 2.73 bits per heavy atom. The average Bonchev–Trinajstić information content (AvgIpc) is 2.56. The lowest BCUT2D eigenvalue weighted by molar-refractivity contribution is -0.130. The van der Waals surface area contributed by atoms with Crippen LogP contribution in [-0.2, 0) is 16.1 Å². The Bertz CT molecular complexity index is 490. The first-order valence-corrected chi connectivity index (χ1v) is 9.62. The van der Waals surface area contributed by atoms with Gasteiger partial charge in [-0.3, -0.25) is 9.59 Å². The molecule has 1 fully saturated rings. The van der Waals surface area contributed by atoms with E-state index in [1.54, 1.807) is 23.7 Å². The fourth-order valence-corrected chi connectivity index (χ4v) is 4.76. The van der Waals surface area contributed by atoms with Crippen molar-refractivity contribution < 1.29 is 9.59 Å². The maximum atomic E-state index is 12.1. The molecule has 22 heavy (non-hydrogen) atoms. The molecule has 2 amide bonds. The Morgan fingerprint density at radius 2 is 2.05 bits per heavy atom. The van der Waals surface area contributed by atoms with Gasteiger partial charge in [0, 0.05) is 43.8 Å². The number of amides is 2. The number of hydrogen-bond donors (Lipinski definition) is 1. The van der Waals surface area contributed by atoms with E-state index < -0.39 is 0 Å². The van der Waals surface area contributed by atoms with Crippen LogP contribution < -0.4 is 5.32 Å². The van der Waals surface area contributed by atoms with Gasteiger partial charge in [0.15, 0.2) is 0 Å². The van der Waals surface area contributed by atoms with Crippen LogP contribution in [0.15, 0.2) is 30.3 Å². The summed E-state index contributed by atoms with van der Waals surface area (Å²) in [6, 6.07) is 9.90. The first kappa shape index (κ1) is 17.2. The van der Waals surface area contributed by atoms with E-state index in [1.807, 2.05) is 42.1 Å². The summed E-state index contributed by atoms with van der Waals surface area (Å²) in [4.78, 5) is 25.7. The molecule has 1 aliphatic rings. The molecule has 1 atom stereocenters. The van der Waals surface area contributed by atoms with Gasteiger partial charge in [-0.1, -0.05) is 30.3 Å². The monoisotopic (exact) mass is 338 g/mol. The van der Waals surface area contributed by atoms with E-state index >= 15 is 0 Å². The summed E-state index contributed by atoms with van der Waals surface area (Å²) in [7, 11) is 1.80. The number of benzene rings is 1. The maximum Gasteiger partial charge on any atom is 0.233 e. The van der Waals surface area contributed by atoms with Gasteiger partial charge >= 0.3 is 0 Å². The van der Waals surface area contributed by atoms with Gasteiger partial charge in [0.1, 0.15) is 0 Å². The van der Waals surface area contributed by atoms with Crippen LogP contribution in [0.2, 0.25) is 0 Å². The highest BCUT2D eigenvalue weighted by atomic mass is 32.2. The van der Waals surface area contributed by atoms with Crippen LogP contribution in [0.1, 0.15) is 12.0 Å². The minimum Gasteiger partial charge on any atom is -0.355 e. The number of thioether (sulfide) groups is 2. The molecule has 1 aliphatic heterocycles. The number of hydrogen-bond acceptors (Lipinski definition) is 4. The molecule has 6 heteroatoms. The maximum absolute atomic E-state index is 12.1. The molecule has 0 saturated carbocycles. The lowest BCUT2D eigenvalue weighted by atomic mass is 10.2. The van der Waals surface area contributed by atoms with Gasteiger partial charge in [0.05, 0.1) is 5.25 Å². The van der Waals surface area contributed by atoms with Crippen LogP contribution >= 0.6 is 23.5 Å². The zero-order valence-electron chi connectivity index (χ0n) is 12.8. The second-order valence-corrected chi connectivity index (χ2v) is 7.67. The smallest absolute Gasteiger partial charge is 0.233 e. The Labute approximate surface area is 140 Å². The van der Waals surface area contributed by atoms with Crippen molar-refractivity contribution in [2.75, 3.05) is 30.9 Å². The van der Waals surface area contributed by atoms with E-state index in [4.69, 9.17) is 0 Å². The topological polar surface area (TPSA) is 49.4 Å². The molecule has 1 aromatic rings. The first-order valence-electron chi connectivity index (χ1n) is 7.42. The van der Waals surface area contributed by atoms with Crippen molar-refractivity contribution in [2.24, 2.45) is 0 Å². The van der Waals surface area contributed by atoms with E-state index in [-0.39, 0.29) is 17.1 Å². The van der Waals surface area contributed by atoms with Crippen molar-refractivity contribution in [3.63, 3.8) is 0 Å². The van der Waals surface area contributed by atoms with E-state index in [9.17, 15) is 9.59 Å². The summed E-state index contributed by atoms with van der Waals surface area (Å²) in [5.74, 6) is 3.14. The fourth-order valence-electron chi connectivity index (χ4n) is 2.18. The molecule has 120 valence electrons. The molecule has 2 rings (SSSR count). The van der Waals surface area contributed by atoms with Crippen LogP contribution in [0.4, 0.5) is 0 Å². The minimum atomic E-state index is 0.0379. The molecular formula is C16H22N2O2S2. The molecule has 0 aliphatic carbocycles. The Kier molecular flexibility index (Phi) is 7.12. The van der Waals surface area contributed by atoms with Crippen LogP contribution in [-0.4, -0.2) is 52.8 Å². The molecule has 1 unspecified atom stereocenters. The van der Waals surface area contributed by atoms with Gasteiger partial charge in [0.25, 0.3) is 0 Å². The lowest BCUT2D eigenvalue weighted by Gasteiger charge is -2.21. The zero-order chi connectivity index (χ0) is 15.8. The van der Waals surface area contributed by atoms with Gasteiger partial charge < -0.3 is 10.2 Å². The van der Waals surface area contributed by atoms with Crippen molar-refractivity contribution in [3.05, 3.63) is 35.9 Å². The lowest BCUT2D eigenvalue weighted by Crippen LogP contribution is -2.38. The summed E-state index contributed by atoms with van der Waals surface area (Å²) < 4.78 is 0. The van der Waals surface area contributed by atoms with Gasteiger partial charge in [-0.15, -0.1) is 11.8 Å². The molecule has 4 nitrogen and oxygen atoms in total. The predicted molar refractivity (Wildman–Crippen MR) is 94.1 cm³/mol. The molecule has 1 heterocycles. The number of rotatable bonds is 6. The zero-order valence-corrected chi connectivity index (χ0v) is 14.4. The van der Waals surface area contributed by atoms with Crippen LogP contribution in [0.3, 0.4) is 0 Å². The number of carbonyl (C=O) groups is 2. The average molecular weight is 338 g/mol. The quantitative estimate of drug-likeness (QED) is 0.862. The SMILES string of the molecule is CN(Cc1ccccc1)C(=O)CCNC(=O)C1CSCCS1. The van der Waals surface area contributed by atoms with E-state index in [2.05, 4.69) is 5.32 Å². The van der Waals surface area contributed by atoms with Crippen LogP contribution in [0.25, 0.3) is 0 Å². The predicted octanol–water partition coefficient (Wildman–Crippen LogP) is 2.00. The molecule has 0 radical (unpaired) electrons. The highest BCUT2D eigenvalue weighted by Crippen LogP contribution is 2.23. The van der Waals surface area contributed by atoms with Gasteiger partial charge in [-0.05, 0) is 5.56 Å². The summed E-state index contributed by atoms with van der Waals surface area (Å²) in [6.45, 7) is 1.02. The van der Waals surface area contributed by atoms with Crippen LogP contribution in [0, 0.1) is 0 Å². The highest BCUT2D eigenvalue weighted by Gasteiger charge is 2.21. The van der Waals surface area contributed by atoms with Crippen molar-refractivity contribution in [1.82, 2.24) is 10.2 Å². The third kappa shape index (κ3) is 5.57. The Morgan fingerprint density at radius 1 is 1.27 bits per heavy atom. The molecule has 0 aromatic heterocycles. The summed E-state index contributed by atoms with van der Waals surface area (Å²) in [6.07, 6.45) is 0.347. The van der Waals surface area contributed by atoms with Crippen molar-refractivity contribution >= 4 is 35.3 Å². The molecule has 1 saturated heterocycles. The minimum absolute atomic E-state index is 0.0379. The van der Waals surface area contributed by atoms with Crippen LogP contribution in [0.5, 0.6) is 0 Å². The van der Waals surface area contributed by atoms with Crippen molar-refractivity contribution in [1.29, 1.82) is 0 Å². The number of nitrogens with zero attached hydrogens (tertiary/aromatic N) is 1. The Balaban J connectivity index is 1.67. The van der Waals surface area contributed by atoms with E-state index in [0.29, 0.717) is 19.5 Å². The summed E-state index contributed by atoms with van der Waals surface area (Å²) >= 11 is 3.53. The second kappa shape index (κ2) is 9.10. The highest BCUT2D eigenvalue weighted by molar-refractivity contribution is 8.07. The first-order chi connectivity index (χ1) is 10.7. The van der Waals surface area contributed by atoms with Gasteiger partial charge in [0.2, 0.25) is 11.8 Å². The molecular weight excluding hydrogens is 316 g/mol. The third-order valence-electron chi connectivity index (χ3n) is 3.43. The summed E-state index contributed by atoms with van der Waals surface area (Å²) in [5.41, 5.74) is 1.11. The molecule has 0 spiro atoms. The van der Waals surface area contributed by atoms with Crippen molar-refractivity contribution in [3.8, 4) is 0 Å². The molecule has 1 N–H and O–H groups in total. The second-order valence-electron chi connectivity index (χ2n) is 5.21. The van der Waals surface area contributed by atoms with E-state index in [0.717, 1.165) is 22.8 Å². The molecule has 0 bridgehead atoms. The van der Waals surface area contributed by atoms with Crippen molar-refractivity contribution in [2.45, 2.75) is 18.2 Å². The Hall–Kier alpha value is -1.14. The van der Waals surface area contributed by atoms with Gasteiger partial charge in [-0.25, -0.2) is 0 Å².